The number of fused-ring (bicyclic) bond motifs is 1. The van der Waals surface area contributed by atoms with E-state index in [1.807, 2.05) is 36.4 Å². The Kier molecular flexibility index (Phi) is 4.47. The first-order valence-electron chi connectivity index (χ1n) is 7.99. The normalized spacial score (nSPS) is 11.9. The number of hydrogen-bond donors (Lipinski definition) is 2. The monoisotopic (exact) mass is 319 g/mol. The zero-order valence-electron chi connectivity index (χ0n) is 13.9. The van der Waals surface area contributed by atoms with Crippen molar-refractivity contribution in [3.63, 3.8) is 0 Å². The van der Waals surface area contributed by atoms with Crippen LogP contribution in [-0.2, 0) is 10.2 Å². The number of aromatic amines is 1. The molecule has 0 aliphatic heterocycles. The van der Waals surface area contributed by atoms with Crippen molar-refractivity contribution < 1.29 is 4.79 Å². The number of carbonyl (C=O) groups excluding carboxylic acids is 1. The second-order valence-electron chi connectivity index (χ2n) is 6.48. The molecule has 2 aromatic carbocycles. The van der Waals surface area contributed by atoms with Crippen molar-refractivity contribution >= 4 is 29.6 Å². The van der Waals surface area contributed by atoms with E-state index in [0.717, 1.165) is 34.4 Å². The summed E-state index contributed by atoms with van der Waals surface area (Å²) in [6.45, 7) is 4.81. The average Bonchev–Trinajstić information content (AvgIpc) is 3.01. The Morgan fingerprint density at radius 3 is 2.67 bits per heavy atom. The predicted octanol–water partition coefficient (Wildman–Crippen LogP) is 3.76. The Balaban J connectivity index is 1.86. The van der Waals surface area contributed by atoms with E-state index in [9.17, 15) is 4.79 Å². The molecule has 122 valence electrons. The molecule has 3 aromatic rings. The molecule has 0 aliphatic carbocycles. The zero-order valence-corrected chi connectivity index (χ0v) is 13.9. The van der Waals surface area contributed by atoms with Gasteiger partial charge in [0, 0.05) is 12.0 Å². The van der Waals surface area contributed by atoms with Gasteiger partial charge in [-0.25, -0.2) is 4.98 Å². The van der Waals surface area contributed by atoms with E-state index >= 15 is 0 Å². The van der Waals surface area contributed by atoms with E-state index in [0.29, 0.717) is 6.54 Å². The lowest BCUT2D eigenvalue weighted by Gasteiger charge is -2.24. The quantitative estimate of drug-likeness (QED) is 0.680. The first kappa shape index (κ1) is 16.0. The Labute approximate surface area is 141 Å². The second kappa shape index (κ2) is 6.71. The zero-order chi connectivity index (χ0) is 17.0. The molecule has 4 nitrogen and oxygen atoms in total. The van der Waals surface area contributed by atoms with Crippen molar-refractivity contribution in [3.8, 4) is 0 Å². The van der Waals surface area contributed by atoms with Crippen molar-refractivity contribution in [2.24, 2.45) is 0 Å². The van der Waals surface area contributed by atoms with Crippen LogP contribution in [0.5, 0.6) is 0 Å². The van der Waals surface area contributed by atoms with Gasteiger partial charge in [-0.15, -0.1) is 0 Å². The number of aromatic nitrogens is 2. The fourth-order valence-corrected chi connectivity index (χ4v) is 2.67. The Hall–Kier alpha value is -2.88. The first-order valence-corrected chi connectivity index (χ1v) is 7.99. The summed E-state index contributed by atoms with van der Waals surface area (Å²) in [5.74, 6) is 0.829. The van der Waals surface area contributed by atoms with E-state index in [1.165, 1.54) is 0 Å². The van der Waals surface area contributed by atoms with Crippen LogP contribution in [0.4, 0.5) is 0 Å². The molecule has 0 fully saturated rings. The number of imidazole rings is 1. The van der Waals surface area contributed by atoms with Gasteiger partial charge >= 0.3 is 0 Å². The fraction of sp³-hybridized carbons (Fsp3) is 0.200. The maximum Gasteiger partial charge on any atom is 0.207 e. The minimum absolute atomic E-state index is 0.139. The number of nitrogens with one attached hydrogen (secondary N) is 2. The van der Waals surface area contributed by atoms with Gasteiger partial charge in [-0.2, -0.15) is 0 Å². The highest BCUT2D eigenvalue weighted by atomic mass is 16.1. The number of rotatable bonds is 6. The second-order valence-corrected chi connectivity index (χ2v) is 6.48. The summed E-state index contributed by atoms with van der Waals surface area (Å²) in [5.41, 5.74) is 4.09. The number of amides is 1. The van der Waals surface area contributed by atoms with Crippen LogP contribution in [0.2, 0.25) is 0 Å². The van der Waals surface area contributed by atoms with Crippen molar-refractivity contribution in [3.05, 3.63) is 65.5 Å². The van der Waals surface area contributed by atoms with Crippen LogP contribution in [0.1, 0.15) is 30.8 Å². The minimum atomic E-state index is -0.139. The van der Waals surface area contributed by atoms with Gasteiger partial charge in [-0.3, -0.25) is 4.79 Å². The van der Waals surface area contributed by atoms with E-state index in [2.05, 4.69) is 53.4 Å². The van der Waals surface area contributed by atoms with Gasteiger partial charge in [0.25, 0.3) is 0 Å². The third-order valence-corrected chi connectivity index (χ3v) is 4.14. The van der Waals surface area contributed by atoms with Crippen molar-refractivity contribution in [2.75, 3.05) is 6.54 Å². The largest absolute Gasteiger partial charge is 0.358 e. The molecule has 0 aliphatic rings. The van der Waals surface area contributed by atoms with Crippen LogP contribution in [0.3, 0.4) is 0 Å². The Morgan fingerprint density at radius 1 is 1.12 bits per heavy atom. The number of carbonyl (C=O) groups is 1. The highest BCUT2D eigenvalue weighted by molar-refractivity contribution is 5.79. The van der Waals surface area contributed by atoms with Gasteiger partial charge < -0.3 is 10.3 Å². The summed E-state index contributed by atoms with van der Waals surface area (Å²) < 4.78 is 0. The molecule has 1 aromatic heterocycles. The van der Waals surface area contributed by atoms with Crippen LogP contribution in [0, 0.1) is 0 Å². The summed E-state index contributed by atoms with van der Waals surface area (Å²) in [6.07, 6.45) is 4.76. The molecule has 4 heteroatoms. The van der Waals surface area contributed by atoms with Crippen LogP contribution in [0.15, 0.2) is 48.5 Å². The number of benzene rings is 2. The Bertz CT molecular complexity index is 863. The van der Waals surface area contributed by atoms with Crippen LogP contribution in [0.25, 0.3) is 23.2 Å². The molecule has 1 heterocycles. The molecular formula is C20H21N3O. The van der Waals surface area contributed by atoms with Crippen LogP contribution < -0.4 is 5.32 Å². The molecule has 1 amide bonds. The van der Waals surface area contributed by atoms with Crippen molar-refractivity contribution in [1.82, 2.24) is 15.3 Å². The molecule has 0 radical (unpaired) electrons. The maximum absolute atomic E-state index is 10.6. The van der Waals surface area contributed by atoms with E-state index in [-0.39, 0.29) is 5.41 Å². The first-order chi connectivity index (χ1) is 11.6. The summed E-state index contributed by atoms with van der Waals surface area (Å²) >= 11 is 0. The molecule has 24 heavy (non-hydrogen) atoms. The lowest BCUT2D eigenvalue weighted by molar-refractivity contribution is -0.109. The number of hydrogen-bond acceptors (Lipinski definition) is 2. The molecular weight excluding hydrogens is 298 g/mol. The van der Waals surface area contributed by atoms with E-state index in [4.69, 9.17) is 0 Å². The fourth-order valence-electron chi connectivity index (χ4n) is 2.67. The van der Waals surface area contributed by atoms with Gasteiger partial charge in [0.2, 0.25) is 6.41 Å². The molecule has 0 saturated carbocycles. The van der Waals surface area contributed by atoms with Gasteiger partial charge in [0.1, 0.15) is 5.82 Å². The summed E-state index contributed by atoms with van der Waals surface area (Å²) in [4.78, 5) is 18.5. The van der Waals surface area contributed by atoms with Gasteiger partial charge in [0.15, 0.2) is 0 Å². The van der Waals surface area contributed by atoms with Crippen LogP contribution in [-0.4, -0.2) is 22.9 Å². The maximum atomic E-state index is 10.6. The topological polar surface area (TPSA) is 57.8 Å². The minimum Gasteiger partial charge on any atom is -0.358 e. The van der Waals surface area contributed by atoms with Gasteiger partial charge in [-0.1, -0.05) is 56.3 Å². The highest BCUT2D eigenvalue weighted by Crippen LogP contribution is 2.25. The highest BCUT2D eigenvalue weighted by Gasteiger charge is 2.20. The molecule has 0 bridgehead atoms. The summed E-state index contributed by atoms with van der Waals surface area (Å²) in [5, 5.41) is 2.76. The van der Waals surface area contributed by atoms with E-state index < -0.39 is 0 Å². The average molecular weight is 319 g/mol. The smallest absolute Gasteiger partial charge is 0.207 e. The van der Waals surface area contributed by atoms with E-state index in [1.54, 1.807) is 0 Å². The third kappa shape index (κ3) is 3.54. The number of nitrogens with zero attached hydrogens (tertiary/aromatic N) is 1. The Morgan fingerprint density at radius 2 is 1.92 bits per heavy atom. The molecule has 0 saturated heterocycles. The molecule has 0 spiro atoms. The van der Waals surface area contributed by atoms with Crippen molar-refractivity contribution in [2.45, 2.75) is 19.3 Å². The number of H-pyrrole nitrogens is 1. The third-order valence-electron chi connectivity index (χ3n) is 4.14. The molecule has 2 N–H and O–H groups in total. The van der Waals surface area contributed by atoms with Gasteiger partial charge in [-0.05, 0) is 29.3 Å². The summed E-state index contributed by atoms with van der Waals surface area (Å²) in [6, 6.07) is 16.3. The standard InChI is InChI=1S/C20H21N3O/c1-20(2,13-21-14-24)16-9-10-17-18(12-16)23-19(22-17)11-8-15-6-4-3-5-7-15/h3-12,14H,13H2,1-2H3,(H,21,24)(H,22,23). The predicted molar refractivity (Wildman–Crippen MR) is 98.6 cm³/mol. The van der Waals surface area contributed by atoms with Crippen LogP contribution >= 0.6 is 0 Å². The summed E-state index contributed by atoms with van der Waals surface area (Å²) in [7, 11) is 0. The SMILES string of the molecule is CC(C)(CNC=O)c1ccc2nc(C=Cc3ccccc3)[nH]c2c1. The molecule has 0 unspecified atom stereocenters. The molecule has 3 rings (SSSR count). The lowest BCUT2D eigenvalue weighted by Crippen LogP contribution is -2.32. The lowest BCUT2D eigenvalue weighted by atomic mass is 9.84. The van der Waals surface area contributed by atoms with Crippen molar-refractivity contribution in [1.29, 1.82) is 0 Å². The van der Waals surface area contributed by atoms with Gasteiger partial charge in [0.05, 0.1) is 11.0 Å². The molecule has 0 atom stereocenters.